The van der Waals surface area contributed by atoms with Crippen molar-refractivity contribution in [2.45, 2.75) is 25.3 Å². The Balaban J connectivity index is 2.01. The van der Waals surface area contributed by atoms with Crippen molar-refractivity contribution in [2.24, 2.45) is 12.8 Å². The molecule has 1 aliphatic carbocycles. The molecule has 0 aliphatic heterocycles. The predicted molar refractivity (Wildman–Crippen MR) is 64.2 cm³/mol. The van der Waals surface area contributed by atoms with Crippen molar-refractivity contribution in [1.82, 2.24) is 14.8 Å². The van der Waals surface area contributed by atoms with Gasteiger partial charge < -0.3 is 5.73 Å². The van der Waals surface area contributed by atoms with Crippen LogP contribution in [0.5, 0.6) is 0 Å². The van der Waals surface area contributed by atoms with Gasteiger partial charge in [-0.15, -0.1) is 11.3 Å². The second-order valence-electron chi connectivity index (χ2n) is 4.18. The normalized spacial score (nSPS) is 15.6. The van der Waals surface area contributed by atoms with Gasteiger partial charge in [0.15, 0.2) is 0 Å². The average Bonchev–Trinajstić information content (AvgIpc) is 2.88. The highest BCUT2D eigenvalue weighted by Crippen LogP contribution is 2.43. The van der Waals surface area contributed by atoms with Crippen LogP contribution in [-0.4, -0.2) is 14.8 Å². The lowest BCUT2D eigenvalue weighted by Crippen LogP contribution is -1.96. The zero-order valence-electron chi connectivity index (χ0n) is 9.18. The molecule has 2 heterocycles. The van der Waals surface area contributed by atoms with E-state index in [0.29, 0.717) is 12.5 Å². The van der Waals surface area contributed by atoms with Gasteiger partial charge in [-0.25, -0.2) is 4.98 Å². The summed E-state index contributed by atoms with van der Waals surface area (Å²) in [6.07, 6.45) is 4.46. The van der Waals surface area contributed by atoms with Crippen LogP contribution in [0, 0.1) is 0 Å². The van der Waals surface area contributed by atoms with Crippen LogP contribution in [0.4, 0.5) is 0 Å². The lowest BCUT2D eigenvalue weighted by Gasteiger charge is -1.93. The molecule has 0 radical (unpaired) electrons. The topological polar surface area (TPSA) is 56.7 Å². The van der Waals surface area contributed by atoms with Gasteiger partial charge in [-0.2, -0.15) is 5.10 Å². The van der Waals surface area contributed by atoms with Crippen LogP contribution in [0.15, 0.2) is 12.3 Å². The minimum Gasteiger partial charge on any atom is -0.326 e. The molecule has 2 aromatic rings. The SMILES string of the molecule is Cn1ccc(-c2nc(C3CC3)c(CN)s2)n1. The summed E-state index contributed by atoms with van der Waals surface area (Å²) in [5.41, 5.74) is 7.93. The van der Waals surface area contributed by atoms with Crippen LogP contribution in [0.25, 0.3) is 10.7 Å². The molecule has 3 rings (SSSR count). The standard InChI is InChI=1S/C11H14N4S/c1-15-5-4-8(14-15)11-13-10(7-2-3-7)9(6-12)16-11/h4-5,7H,2-3,6,12H2,1H3. The molecule has 0 amide bonds. The highest BCUT2D eigenvalue weighted by atomic mass is 32.1. The summed E-state index contributed by atoms with van der Waals surface area (Å²) in [7, 11) is 1.92. The molecule has 1 aliphatic rings. The summed E-state index contributed by atoms with van der Waals surface area (Å²) < 4.78 is 1.80. The van der Waals surface area contributed by atoms with E-state index in [9.17, 15) is 0 Å². The van der Waals surface area contributed by atoms with Crippen LogP contribution >= 0.6 is 11.3 Å². The van der Waals surface area contributed by atoms with Gasteiger partial charge in [-0.1, -0.05) is 0 Å². The van der Waals surface area contributed by atoms with Gasteiger partial charge in [0.25, 0.3) is 0 Å². The van der Waals surface area contributed by atoms with Gasteiger partial charge >= 0.3 is 0 Å². The lowest BCUT2D eigenvalue weighted by atomic mass is 10.2. The number of nitrogens with two attached hydrogens (primary N) is 1. The van der Waals surface area contributed by atoms with Crippen molar-refractivity contribution in [1.29, 1.82) is 0 Å². The number of rotatable bonds is 3. The Bertz CT molecular complexity index is 510. The van der Waals surface area contributed by atoms with Crippen molar-refractivity contribution < 1.29 is 0 Å². The molecule has 0 spiro atoms. The van der Waals surface area contributed by atoms with Crippen LogP contribution in [0.2, 0.25) is 0 Å². The zero-order valence-corrected chi connectivity index (χ0v) is 10.00. The molecular weight excluding hydrogens is 220 g/mol. The molecular formula is C11H14N4S. The fourth-order valence-electron chi connectivity index (χ4n) is 1.82. The molecule has 0 aromatic carbocycles. The number of thiazole rings is 1. The van der Waals surface area contributed by atoms with Crippen molar-refractivity contribution in [3.8, 4) is 10.7 Å². The maximum Gasteiger partial charge on any atom is 0.144 e. The minimum atomic E-state index is 0.594. The average molecular weight is 234 g/mol. The monoisotopic (exact) mass is 234 g/mol. The number of hydrogen-bond donors (Lipinski definition) is 1. The van der Waals surface area contributed by atoms with Gasteiger partial charge in [-0.3, -0.25) is 4.68 Å². The third-order valence-corrected chi connectivity index (χ3v) is 3.93. The van der Waals surface area contributed by atoms with Crippen molar-refractivity contribution >= 4 is 11.3 Å². The van der Waals surface area contributed by atoms with E-state index in [0.717, 1.165) is 10.7 Å². The quantitative estimate of drug-likeness (QED) is 0.882. The zero-order chi connectivity index (χ0) is 11.1. The predicted octanol–water partition coefficient (Wildman–Crippen LogP) is 1.88. The van der Waals surface area contributed by atoms with E-state index in [1.807, 2.05) is 19.3 Å². The summed E-state index contributed by atoms with van der Waals surface area (Å²) in [5.74, 6) is 0.660. The number of nitrogens with zero attached hydrogens (tertiary/aromatic N) is 3. The molecule has 1 saturated carbocycles. The fraction of sp³-hybridized carbons (Fsp3) is 0.455. The first-order valence-corrected chi connectivity index (χ1v) is 6.29. The molecule has 16 heavy (non-hydrogen) atoms. The summed E-state index contributed by atoms with van der Waals surface area (Å²) in [6.45, 7) is 0.594. The summed E-state index contributed by atoms with van der Waals surface area (Å²) in [6, 6.07) is 2.00. The van der Waals surface area contributed by atoms with Gasteiger partial charge in [0.2, 0.25) is 0 Å². The maximum absolute atomic E-state index is 5.76. The summed E-state index contributed by atoms with van der Waals surface area (Å²) >= 11 is 1.68. The van der Waals surface area contributed by atoms with E-state index in [1.165, 1.54) is 23.4 Å². The first-order chi connectivity index (χ1) is 7.78. The minimum absolute atomic E-state index is 0.594. The molecule has 4 nitrogen and oxygen atoms in total. The van der Waals surface area contributed by atoms with Crippen LogP contribution in [-0.2, 0) is 13.6 Å². The van der Waals surface area contributed by atoms with E-state index >= 15 is 0 Å². The van der Waals surface area contributed by atoms with Crippen molar-refractivity contribution in [2.75, 3.05) is 0 Å². The first-order valence-electron chi connectivity index (χ1n) is 5.47. The van der Waals surface area contributed by atoms with Crippen molar-refractivity contribution in [3.05, 3.63) is 22.8 Å². The van der Waals surface area contributed by atoms with Gasteiger partial charge in [0.1, 0.15) is 10.7 Å². The molecule has 2 aromatic heterocycles. The Morgan fingerprint density at radius 3 is 2.94 bits per heavy atom. The largest absolute Gasteiger partial charge is 0.326 e. The highest BCUT2D eigenvalue weighted by molar-refractivity contribution is 7.15. The molecule has 0 saturated heterocycles. The van der Waals surface area contributed by atoms with E-state index in [-0.39, 0.29) is 0 Å². The first kappa shape index (κ1) is 9.99. The van der Waals surface area contributed by atoms with Crippen LogP contribution in [0.3, 0.4) is 0 Å². The Morgan fingerprint density at radius 2 is 2.38 bits per heavy atom. The smallest absolute Gasteiger partial charge is 0.144 e. The third kappa shape index (κ3) is 1.66. The van der Waals surface area contributed by atoms with Gasteiger partial charge in [0, 0.05) is 30.6 Å². The summed E-state index contributed by atoms with van der Waals surface area (Å²) in [4.78, 5) is 5.91. The van der Waals surface area contributed by atoms with E-state index in [4.69, 9.17) is 5.73 Å². The fourth-order valence-corrected chi connectivity index (χ4v) is 2.82. The van der Waals surface area contributed by atoms with Crippen LogP contribution in [0.1, 0.15) is 29.3 Å². The van der Waals surface area contributed by atoms with E-state index in [1.54, 1.807) is 16.0 Å². The molecule has 2 N–H and O–H groups in total. The van der Waals surface area contributed by atoms with Gasteiger partial charge in [-0.05, 0) is 18.9 Å². The lowest BCUT2D eigenvalue weighted by molar-refractivity contribution is 0.770. The Hall–Kier alpha value is -1.20. The molecule has 0 atom stereocenters. The van der Waals surface area contributed by atoms with Crippen LogP contribution < -0.4 is 5.73 Å². The molecule has 1 fully saturated rings. The van der Waals surface area contributed by atoms with E-state index in [2.05, 4.69) is 10.1 Å². The third-order valence-electron chi connectivity index (χ3n) is 2.81. The molecule has 0 unspecified atom stereocenters. The van der Waals surface area contributed by atoms with Crippen molar-refractivity contribution in [3.63, 3.8) is 0 Å². The summed E-state index contributed by atoms with van der Waals surface area (Å²) in [5, 5.41) is 5.38. The van der Waals surface area contributed by atoms with E-state index < -0.39 is 0 Å². The molecule has 0 bridgehead atoms. The van der Waals surface area contributed by atoms with Gasteiger partial charge in [0.05, 0.1) is 5.69 Å². The molecule has 5 heteroatoms. The maximum atomic E-state index is 5.76. The number of aryl methyl sites for hydroxylation is 1. The second-order valence-corrected chi connectivity index (χ2v) is 5.26. The second kappa shape index (κ2) is 3.68. The number of aromatic nitrogens is 3. The highest BCUT2D eigenvalue weighted by Gasteiger charge is 2.29. The number of hydrogen-bond acceptors (Lipinski definition) is 4. The Kier molecular flexibility index (Phi) is 2.29. The Morgan fingerprint density at radius 1 is 1.56 bits per heavy atom. The molecule has 84 valence electrons. The Labute approximate surface area is 98.1 Å².